The van der Waals surface area contributed by atoms with Crippen molar-refractivity contribution < 1.29 is 23.1 Å². The number of rotatable bonds is 6. The molecule has 1 atom stereocenters. The molecule has 0 aliphatic rings. The molecular formula is C22H23F3N4O2. The van der Waals surface area contributed by atoms with Crippen molar-refractivity contribution in [3.05, 3.63) is 65.0 Å². The summed E-state index contributed by atoms with van der Waals surface area (Å²) in [6, 6.07) is 9.05. The van der Waals surface area contributed by atoms with Crippen molar-refractivity contribution in [3.8, 4) is 0 Å². The minimum Gasteiger partial charge on any atom is -0.393 e. The standard InChI is InChI=1S/C22H23F3N4O2/c1-13-9-16-10-15(3-6-19(16)28-20(13)26)21(31)29(8-7-14(2)30)12-18-5-4-17(11-27-18)22(23,24)25/h3-6,9-11,14,30H,7-8,12H2,1-2H3,(H2,26,28)/t14-/m0/s1. The Morgan fingerprint density at radius 3 is 2.58 bits per heavy atom. The van der Waals surface area contributed by atoms with Crippen molar-refractivity contribution >= 4 is 22.6 Å². The number of anilines is 1. The van der Waals surface area contributed by atoms with Gasteiger partial charge in [-0.2, -0.15) is 13.2 Å². The highest BCUT2D eigenvalue weighted by molar-refractivity contribution is 5.98. The number of aryl methyl sites for hydroxylation is 1. The van der Waals surface area contributed by atoms with Crippen LogP contribution in [0.5, 0.6) is 0 Å². The van der Waals surface area contributed by atoms with Crippen LogP contribution >= 0.6 is 0 Å². The number of hydrogen-bond acceptors (Lipinski definition) is 5. The first-order chi connectivity index (χ1) is 14.5. The van der Waals surface area contributed by atoms with E-state index in [-0.39, 0.29) is 19.0 Å². The molecule has 0 unspecified atom stereocenters. The Hall–Kier alpha value is -3.20. The Kier molecular flexibility index (Phi) is 6.45. The second-order valence-corrected chi connectivity index (χ2v) is 7.50. The molecule has 0 fully saturated rings. The highest BCUT2D eigenvalue weighted by Crippen LogP contribution is 2.28. The van der Waals surface area contributed by atoms with E-state index in [9.17, 15) is 23.1 Å². The van der Waals surface area contributed by atoms with E-state index < -0.39 is 17.8 Å². The van der Waals surface area contributed by atoms with E-state index in [1.165, 1.54) is 11.0 Å². The molecule has 3 rings (SSSR count). The molecule has 0 radical (unpaired) electrons. The molecule has 0 aliphatic heterocycles. The molecule has 31 heavy (non-hydrogen) atoms. The Balaban J connectivity index is 1.88. The number of nitrogen functional groups attached to an aromatic ring is 1. The van der Waals surface area contributed by atoms with Gasteiger partial charge in [-0.15, -0.1) is 0 Å². The summed E-state index contributed by atoms with van der Waals surface area (Å²) < 4.78 is 38.3. The SMILES string of the molecule is Cc1cc2cc(C(=O)N(CC[C@H](C)O)Cc3ccc(C(F)(F)F)cn3)ccc2nc1N. The summed E-state index contributed by atoms with van der Waals surface area (Å²) in [4.78, 5) is 22.8. The number of benzene rings is 1. The monoisotopic (exact) mass is 432 g/mol. The van der Waals surface area contributed by atoms with E-state index in [4.69, 9.17) is 5.73 Å². The highest BCUT2D eigenvalue weighted by Gasteiger charge is 2.30. The molecule has 0 bridgehead atoms. The van der Waals surface area contributed by atoms with Crippen LogP contribution in [-0.4, -0.2) is 38.5 Å². The second kappa shape index (κ2) is 8.89. The van der Waals surface area contributed by atoms with Gasteiger partial charge in [0.1, 0.15) is 5.82 Å². The van der Waals surface area contributed by atoms with Gasteiger partial charge in [0.05, 0.1) is 29.4 Å². The molecule has 1 aromatic carbocycles. The predicted octanol–water partition coefficient (Wildman–Crippen LogP) is 3.95. The minimum absolute atomic E-state index is 0.0146. The first-order valence-corrected chi connectivity index (χ1v) is 9.71. The number of halogens is 3. The average molecular weight is 432 g/mol. The topological polar surface area (TPSA) is 92.3 Å². The Bertz CT molecular complexity index is 1080. The zero-order valence-corrected chi connectivity index (χ0v) is 17.1. The number of fused-ring (bicyclic) bond motifs is 1. The van der Waals surface area contributed by atoms with E-state index in [1.807, 2.05) is 13.0 Å². The minimum atomic E-state index is -4.48. The van der Waals surface area contributed by atoms with Crippen LogP contribution in [0.4, 0.5) is 19.0 Å². The number of aromatic nitrogens is 2. The average Bonchev–Trinajstić information content (AvgIpc) is 2.70. The Labute approximate surface area is 177 Å². The quantitative estimate of drug-likeness (QED) is 0.615. The summed E-state index contributed by atoms with van der Waals surface area (Å²) in [7, 11) is 0. The number of amides is 1. The van der Waals surface area contributed by atoms with Crippen molar-refractivity contribution in [1.29, 1.82) is 0 Å². The predicted molar refractivity (Wildman–Crippen MR) is 111 cm³/mol. The van der Waals surface area contributed by atoms with E-state index in [1.54, 1.807) is 25.1 Å². The molecule has 2 heterocycles. The van der Waals surface area contributed by atoms with Crippen molar-refractivity contribution in [2.75, 3.05) is 12.3 Å². The van der Waals surface area contributed by atoms with Gasteiger partial charge in [0, 0.05) is 23.7 Å². The molecule has 2 aromatic heterocycles. The van der Waals surface area contributed by atoms with Crippen molar-refractivity contribution in [1.82, 2.24) is 14.9 Å². The number of carbonyl (C=O) groups excluding carboxylic acids is 1. The van der Waals surface area contributed by atoms with Crippen LogP contribution in [0.25, 0.3) is 10.9 Å². The van der Waals surface area contributed by atoms with Gasteiger partial charge in [0.15, 0.2) is 0 Å². The summed E-state index contributed by atoms with van der Waals surface area (Å²) in [5.41, 5.74) is 7.14. The number of nitrogens with zero attached hydrogens (tertiary/aromatic N) is 3. The number of aliphatic hydroxyl groups is 1. The number of pyridine rings is 2. The van der Waals surface area contributed by atoms with E-state index in [2.05, 4.69) is 9.97 Å². The van der Waals surface area contributed by atoms with Crippen LogP contribution in [0.1, 0.15) is 40.5 Å². The maximum absolute atomic E-state index is 13.2. The molecule has 0 spiro atoms. The maximum Gasteiger partial charge on any atom is 0.417 e. The summed E-state index contributed by atoms with van der Waals surface area (Å²) in [6.07, 6.45) is -4.05. The smallest absolute Gasteiger partial charge is 0.393 e. The summed E-state index contributed by atoms with van der Waals surface area (Å²) in [5, 5.41) is 10.4. The van der Waals surface area contributed by atoms with Crippen LogP contribution in [0.2, 0.25) is 0 Å². The van der Waals surface area contributed by atoms with Gasteiger partial charge in [-0.25, -0.2) is 4.98 Å². The van der Waals surface area contributed by atoms with Crippen LogP contribution < -0.4 is 5.73 Å². The lowest BCUT2D eigenvalue weighted by Crippen LogP contribution is -2.33. The summed E-state index contributed by atoms with van der Waals surface area (Å²) in [6.45, 7) is 3.66. The fraction of sp³-hybridized carbons (Fsp3) is 0.318. The normalized spacial score (nSPS) is 12.7. The van der Waals surface area contributed by atoms with Crippen molar-refractivity contribution in [2.45, 2.75) is 39.1 Å². The number of alkyl halides is 3. The molecule has 0 saturated carbocycles. The summed E-state index contributed by atoms with van der Waals surface area (Å²) >= 11 is 0. The third kappa shape index (κ3) is 5.49. The molecule has 0 saturated heterocycles. The lowest BCUT2D eigenvalue weighted by Gasteiger charge is -2.23. The van der Waals surface area contributed by atoms with Crippen LogP contribution in [0.15, 0.2) is 42.6 Å². The van der Waals surface area contributed by atoms with Crippen LogP contribution in [0.3, 0.4) is 0 Å². The Morgan fingerprint density at radius 2 is 1.97 bits per heavy atom. The third-order valence-electron chi connectivity index (χ3n) is 4.90. The van der Waals surface area contributed by atoms with Gasteiger partial charge in [0.25, 0.3) is 5.91 Å². The first kappa shape index (κ1) is 22.5. The van der Waals surface area contributed by atoms with Gasteiger partial charge >= 0.3 is 6.18 Å². The fourth-order valence-corrected chi connectivity index (χ4v) is 3.09. The molecule has 0 aliphatic carbocycles. The summed E-state index contributed by atoms with van der Waals surface area (Å²) in [5.74, 6) is 0.0947. The molecule has 3 aromatic rings. The lowest BCUT2D eigenvalue weighted by molar-refractivity contribution is -0.137. The lowest BCUT2D eigenvalue weighted by atomic mass is 10.1. The Morgan fingerprint density at radius 1 is 1.23 bits per heavy atom. The van der Waals surface area contributed by atoms with Gasteiger partial charge in [-0.3, -0.25) is 9.78 Å². The molecule has 3 N–H and O–H groups in total. The molecule has 9 heteroatoms. The molecule has 1 amide bonds. The van der Waals surface area contributed by atoms with Crippen molar-refractivity contribution in [2.24, 2.45) is 0 Å². The van der Waals surface area contributed by atoms with Crippen molar-refractivity contribution in [3.63, 3.8) is 0 Å². The molecular weight excluding hydrogens is 409 g/mol. The number of hydrogen-bond donors (Lipinski definition) is 2. The third-order valence-corrected chi connectivity index (χ3v) is 4.90. The van der Waals surface area contributed by atoms with Gasteiger partial charge in [-0.05, 0) is 62.2 Å². The van der Waals surface area contributed by atoms with Gasteiger partial charge in [0.2, 0.25) is 0 Å². The largest absolute Gasteiger partial charge is 0.417 e. The number of aliphatic hydroxyl groups excluding tert-OH is 1. The van der Waals surface area contributed by atoms with E-state index >= 15 is 0 Å². The molecule has 6 nitrogen and oxygen atoms in total. The van der Waals surface area contributed by atoms with Crippen LogP contribution in [-0.2, 0) is 12.7 Å². The van der Waals surface area contributed by atoms with E-state index in [0.717, 1.165) is 23.2 Å². The van der Waals surface area contributed by atoms with Gasteiger partial charge in [-0.1, -0.05) is 0 Å². The van der Waals surface area contributed by atoms with E-state index in [0.29, 0.717) is 29.0 Å². The highest BCUT2D eigenvalue weighted by atomic mass is 19.4. The van der Waals surface area contributed by atoms with Gasteiger partial charge < -0.3 is 15.7 Å². The number of carbonyl (C=O) groups is 1. The molecule has 164 valence electrons. The maximum atomic E-state index is 13.2. The zero-order valence-electron chi connectivity index (χ0n) is 17.1. The van der Waals surface area contributed by atoms with Crippen LogP contribution in [0, 0.1) is 6.92 Å². The number of nitrogens with two attached hydrogens (primary N) is 1. The fourth-order valence-electron chi connectivity index (χ4n) is 3.09. The first-order valence-electron chi connectivity index (χ1n) is 9.71. The second-order valence-electron chi connectivity index (χ2n) is 7.50. The zero-order chi connectivity index (χ0) is 22.8.